The van der Waals surface area contributed by atoms with Crippen LogP contribution in [-0.2, 0) is 25.5 Å². The quantitative estimate of drug-likeness (QED) is 0.743. The van der Waals surface area contributed by atoms with E-state index in [1.807, 2.05) is 0 Å². The fourth-order valence-corrected chi connectivity index (χ4v) is 1.36. The lowest BCUT2D eigenvalue weighted by molar-refractivity contribution is -0.158. The van der Waals surface area contributed by atoms with Crippen molar-refractivity contribution in [2.45, 2.75) is 19.8 Å². The van der Waals surface area contributed by atoms with Crippen LogP contribution in [0.1, 0.15) is 18.9 Å². The third kappa shape index (κ3) is 5.46. The number of halogens is 2. The van der Waals surface area contributed by atoms with Crippen molar-refractivity contribution in [3.05, 3.63) is 35.4 Å². The van der Waals surface area contributed by atoms with E-state index in [1.54, 1.807) is 6.92 Å². The van der Waals surface area contributed by atoms with Gasteiger partial charge in [-0.2, -0.15) is 0 Å². The average molecular weight is 272 g/mol. The summed E-state index contributed by atoms with van der Waals surface area (Å²) in [4.78, 5) is 22.2. The minimum Gasteiger partial charge on any atom is -0.463 e. The molecule has 1 aromatic rings. The van der Waals surface area contributed by atoms with E-state index in [1.165, 1.54) is 6.07 Å². The van der Waals surface area contributed by atoms with E-state index in [0.717, 1.165) is 12.1 Å². The zero-order chi connectivity index (χ0) is 14.3. The molecule has 0 atom stereocenters. The fraction of sp³-hybridized carbons (Fsp3) is 0.385. The van der Waals surface area contributed by atoms with Crippen LogP contribution in [0.2, 0.25) is 0 Å². The number of aryl methyl sites for hydroxylation is 1. The first-order chi connectivity index (χ1) is 9.02. The minimum absolute atomic E-state index is 0.0233. The van der Waals surface area contributed by atoms with Crippen molar-refractivity contribution < 1.29 is 27.8 Å². The maximum Gasteiger partial charge on any atom is 0.344 e. The molecule has 0 spiro atoms. The van der Waals surface area contributed by atoms with Gasteiger partial charge in [0.05, 0.1) is 6.61 Å². The first-order valence-corrected chi connectivity index (χ1v) is 5.78. The first-order valence-electron chi connectivity index (χ1n) is 5.78. The van der Waals surface area contributed by atoms with Crippen molar-refractivity contribution in [2.24, 2.45) is 0 Å². The summed E-state index contributed by atoms with van der Waals surface area (Å²) >= 11 is 0. The molecule has 4 nitrogen and oxygen atoms in total. The highest BCUT2D eigenvalue weighted by atomic mass is 19.2. The van der Waals surface area contributed by atoms with Gasteiger partial charge < -0.3 is 9.47 Å². The van der Waals surface area contributed by atoms with Gasteiger partial charge in [-0.3, -0.25) is 4.79 Å². The standard InChI is InChI=1S/C13H14F2O4/c1-2-18-13(17)8-19-12(16)6-4-9-3-5-10(14)11(15)7-9/h3,5,7H,2,4,6,8H2,1H3. The van der Waals surface area contributed by atoms with E-state index in [9.17, 15) is 18.4 Å². The van der Waals surface area contributed by atoms with Crippen molar-refractivity contribution in [2.75, 3.05) is 13.2 Å². The second-order valence-electron chi connectivity index (χ2n) is 3.71. The molecule has 0 unspecified atom stereocenters. The lowest BCUT2D eigenvalue weighted by atomic mass is 10.1. The van der Waals surface area contributed by atoms with Crippen molar-refractivity contribution in [1.29, 1.82) is 0 Å². The van der Waals surface area contributed by atoms with Crippen LogP contribution in [0.15, 0.2) is 18.2 Å². The summed E-state index contributed by atoms with van der Waals surface area (Å²) in [7, 11) is 0. The lowest BCUT2D eigenvalue weighted by Crippen LogP contribution is -2.16. The van der Waals surface area contributed by atoms with Crippen LogP contribution in [-0.4, -0.2) is 25.2 Å². The highest BCUT2D eigenvalue weighted by Crippen LogP contribution is 2.10. The molecule has 0 N–H and O–H groups in total. The molecule has 1 rings (SSSR count). The monoisotopic (exact) mass is 272 g/mol. The molecule has 6 heteroatoms. The van der Waals surface area contributed by atoms with E-state index >= 15 is 0 Å². The van der Waals surface area contributed by atoms with Crippen LogP contribution in [0, 0.1) is 11.6 Å². The molecule has 0 saturated carbocycles. The van der Waals surface area contributed by atoms with Gasteiger partial charge >= 0.3 is 11.9 Å². The van der Waals surface area contributed by atoms with Gasteiger partial charge in [0.1, 0.15) is 0 Å². The first kappa shape index (κ1) is 15.1. The average Bonchev–Trinajstić information content (AvgIpc) is 2.38. The minimum atomic E-state index is -0.961. The Hall–Kier alpha value is -1.98. The number of carbonyl (C=O) groups excluding carboxylic acids is 2. The van der Waals surface area contributed by atoms with Crippen molar-refractivity contribution >= 4 is 11.9 Å². The third-order valence-electron chi connectivity index (χ3n) is 2.26. The zero-order valence-corrected chi connectivity index (χ0v) is 10.4. The SMILES string of the molecule is CCOC(=O)COC(=O)CCc1ccc(F)c(F)c1. The summed E-state index contributed by atoms with van der Waals surface area (Å²) in [5.74, 6) is -3.12. The maximum atomic E-state index is 12.9. The summed E-state index contributed by atoms with van der Waals surface area (Å²) in [5.41, 5.74) is 0.479. The van der Waals surface area contributed by atoms with Gasteiger partial charge in [0, 0.05) is 6.42 Å². The zero-order valence-electron chi connectivity index (χ0n) is 10.4. The summed E-state index contributed by atoms with van der Waals surface area (Å²) in [6.45, 7) is 1.42. The van der Waals surface area contributed by atoms with Gasteiger partial charge in [-0.05, 0) is 31.0 Å². The smallest absolute Gasteiger partial charge is 0.344 e. The van der Waals surface area contributed by atoms with Crippen LogP contribution in [0.25, 0.3) is 0 Å². The fourth-order valence-electron chi connectivity index (χ4n) is 1.36. The molecule has 104 valence electrons. The van der Waals surface area contributed by atoms with Gasteiger partial charge in [-0.15, -0.1) is 0 Å². The van der Waals surface area contributed by atoms with Crippen LogP contribution in [0.5, 0.6) is 0 Å². The number of rotatable bonds is 6. The van der Waals surface area contributed by atoms with Gasteiger partial charge in [-0.25, -0.2) is 13.6 Å². The molecule has 0 bridgehead atoms. The Morgan fingerprint density at radius 3 is 2.47 bits per heavy atom. The highest BCUT2D eigenvalue weighted by molar-refractivity contribution is 5.76. The van der Waals surface area contributed by atoms with Crippen molar-refractivity contribution in [1.82, 2.24) is 0 Å². The third-order valence-corrected chi connectivity index (χ3v) is 2.26. The second-order valence-corrected chi connectivity index (χ2v) is 3.71. The molecule has 0 aliphatic heterocycles. The molecule has 0 saturated heterocycles. The Kier molecular flexibility index (Phi) is 5.92. The molecular formula is C13H14F2O4. The Balaban J connectivity index is 2.33. The van der Waals surface area contributed by atoms with Gasteiger partial charge in [-0.1, -0.05) is 6.07 Å². The number of ether oxygens (including phenoxy) is 2. The molecule has 0 amide bonds. The van der Waals surface area contributed by atoms with Crippen molar-refractivity contribution in [3.8, 4) is 0 Å². The Morgan fingerprint density at radius 1 is 1.11 bits per heavy atom. The number of hydrogen-bond donors (Lipinski definition) is 0. The Bertz CT molecular complexity index is 460. The summed E-state index contributed by atoms with van der Waals surface area (Å²) in [6.07, 6.45) is 0.184. The molecule has 0 aliphatic carbocycles. The van der Waals surface area contributed by atoms with E-state index in [-0.39, 0.29) is 19.4 Å². The lowest BCUT2D eigenvalue weighted by Gasteiger charge is -2.05. The summed E-state index contributed by atoms with van der Waals surface area (Å²) in [6, 6.07) is 3.40. The molecule has 1 aromatic carbocycles. The maximum absolute atomic E-state index is 12.9. The number of esters is 2. The van der Waals surface area contributed by atoms with E-state index < -0.39 is 30.2 Å². The van der Waals surface area contributed by atoms with Crippen LogP contribution >= 0.6 is 0 Å². The normalized spacial score (nSPS) is 10.1. The van der Waals surface area contributed by atoms with Crippen LogP contribution < -0.4 is 0 Å². The Morgan fingerprint density at radius 2 is 1.84 bits per heavy atom. The Labute approximate surface area is 109 Å². The second kappa shape index (κ2) is 7.45. The van der Waals surface area contributed by atoms with E-state index in [4.69, 9.17) is 0 Å². The molecule has 0 radical (unpaired) electrons. The van der Waals surface area contributed by atoms with Crippen molar-refractivity contribution in [3.63, 3.8) is 0 Å². The predicted octanol–water partition coefficient (Wildman–Crippen LogP) is 2.00. The molecule has 0 fully saturated rings. The number of benzene rings is 1. The van der Waals surface area contributed by atoms with Crippen LogP contribution in [0.4, 0.5) is 8.78 Å². The number of hydrogen-bond acceptors (Lipinski definition) is 4. The topological polar surface area (TPSA) is 52.6 Å². The molecule has 0 aromatic heterocycles. The molecule has 0 aliphatic rings. The van der Waals surface area contributed by atoms with E-state index in [0.29, 0.717) is 5.56 Å². The van der Waals surface area contributed by atoms with Gasteiger partial charge in [0.15, 0.2) is 18.2 Å². The predicted molar refractivity (Wildman–Crippen MR) is 62.3 cm³/mol. The molecule has 19 heavy (non-hydrogen) atoms. The summed E-state index contributed by atoms with van der Waals surface area (Å²) < 4.78 is 34.8. The van der Waals surface area contributed by atoms with Gasteiger partial charge in [0.25, 0.3) is 0 Å². The molecule has 0 heterocycles. The molecular weight excluding hydrogens is 258 g/mol. The van der Waals surface area contributed by atoms with Gasteiger partial charge in [0.2, 0.25) is 0 Å². The largest absolute Gasteiger partial charge is 0.463 e. The number of carbonyl (C=O) groups is 2. The summed E-state index contributed by atoms with van der Waals surface area (Å²) in [5, 5.41) is 0. The highest BCUT2D eigenvalue weighted by Gasteiger charge is 2.09. The van der Waals surface area contributed by atoms with Crippen LogP contribution in [0.3, 0.4) is 0 Å². The van der Waals surface area contributed by atoms with E-state index in [2.05, 4.69) is 9.47 Å².